The summed E-state index contributed by atoms with van der Waals surface area (Å²) in [6, 6.07) is 6.85. The Balaban J connectivity index is 1.78. The van der Waals surface area contributed by atoms with Crippen LogP contribution in [0.25, 0.3) is 0 Å². The van der Waals surface area contributed by atoms with Crippen LogP contribution < -0.4 is 4.90 Å². The van der Waals surface area contributed by atoms with E-state index >= 15 is 0 Å². The van der Waals surface area contributed by atoms with Crippen LogP contribution in [0.1, 0.15) is 13.3 Å². The third-order valence-corrected chi connectivity index (χ3v) is 5.73. The number of ether oxygens (including phenoxy) is 2. The average molecular weight is 374 g/mol. The van der Waals surface area contributed by atoms with Crippen LogP contribution in [0.2, 0.25) is 5.02 Å². The fraction of sp³-hybridized carbons (Fsp3) is 0.400. The normalized spacial score (nSPS) is 34.2. The lowest BCUT2D eigenvalue weighted by molar-refractivity contribution is -0.151. The van der Waals surface area contributed by atoms with Crippen molar-refractivity contribution in [3.8, 4) is 0 Å². The topological polar surface area (TPSA) is 55.8 Å². The first-order valence-corrected chi connectivity index (χ1v) is 9.14. The molecule has 0 unspecified atom stereocenters. The van der Waals surface area contributed by atoms with Crippen molar-refractivity contribution in [2.24, 2.45) is 11.8 Å². The minimum absolute atomic E-state index is 0.121. The summed E-state index contributed by atoms with van der Waals surface area (Å²) in [7, 11) is 0. The van der Waals surface area contributed by atoms with E-state index in [0.717, 1.165) is 5.69 Å². The van der Waals surface area contributed by atoms with Crippen molar-refractivity contribution in [1.29, 1.82) is 0 Å². The van der Waals surface area contributed by atoms with Gasteiger partial charge in [0.1, 0.15) is 11.5 Å². The molecule has 0 aromatic heterocycles. The molecule has 2 bridgehead atoms. The second kappa shape index (κ2) is 6.25. The highest BCUT2D eigenvalue weighted by molar-refractivity contribution is 6.30. The number of anilines is 1. The second-order valence-corrected chi connectivity index (χ2v) is 7.21. The third-order valence-electron chi connectivity index (χ3n) is 5.48. The Kier molecular flexibility index (Phi) is 4.16. The van der Waals surface area contributed by atoms with Gasteiger partial charge in [-0.3, -0.25) is 9.59 Å². The Morgan fingerprint density at radius 3 is 2.81 bits per heavy atom. The van der Waals surface area contributed by atoms with Gasteiger partial charge in [0, 0.05) is 10.7 Å². The summed E-state index contributed by atoms with van der Waals surface area (Å²) < 4.78 is 11.4. The van der Waals surface area contributed by atoms with E-state index in [2.05, 4.69) is 6.58 Å². The monoisotopic (exact) mass is 373 g/mol. The highest BCUT2D eigenvalue weighted by atomic mass is 35.5. The number of fused-ring (bicyclic) bond motifs is 1. The zero-order valence-corrected chi connectivity index (χ0v) is 15.2. The molecule has 0 saturated carbocycles. The number of carbonyl (C=O) groups is 2. The molecule has 0 radical (unpaired) electrons. The molecule has 3 aliphatic heterocycles. The molecule has 0 aliphatic carbocycles. The zero-order valence-electron chi connectivity index (χ0n) is 14.4. The van der Waals surface area contributed by atoms with Gasteiger partial charge in [0.15, 0.2) is 0 Å². The van der Waals surface area contributed by atoms with Gasteiger partial charge in [0.25, 0.3) is 0 Å². The van der Waals surface area contributed by atoms with Crippen molar-refractivity contribution >= 4 is 29.2 Å². The molecule has 1 aromatic rings. The Morgan fingerprint density at radius 2 is 2.15 bits per heavy atom. The SMILES string of the molecule is C=CC[C@H]1N(c2ccc(Cl)cc2)C(=O)[C@@H]2[C@H](C(=O)OCC)[C@H]3C=C[C@]21O3. The summed E-state index contributed by atoms with van der Waals surface area (Å²) in [5.41, 5.74) is -0.0920. The Bertz CT molecular complexity index is 790. The fourth-order valence-corrected chi connectivity index (χ4v) is 4.64. The maximum atomic E-state index is 13.4. The summed E-state index contributed by atoms with van der Waals surface area (Å²) >= 11 is 5.99. The van der Waals surface area contributed by atoms with Gasteiger partial charge in [0.2, 0.25) is 5.91 Å². The van der Waals surface area contributed by atoms with Crippen molar-refractivity contribution in [1.82, 2.24) is 0 Å². The molecule has 2 fully saturated rings. The lowest BCUT2D eigenvalue weighted by atomic mass is 9.74. The predicted molar refractivity (Wildman–Crippen MR) is 97.9 cm³/mol. The summed E-state index contributed by atoms with van der Waals surface area (Å²) in [6.07, 6.45) is 5.74. The summed E-state index contributed by atoms with van der Waals surface area (Å²) in [6.45, 7) is 5.87. The maximum absolute atomic E-state index is 13.4. The number of halogens is 1. The number of carbonyl (C=O) groups excluding carboxylic acids is 2. The van der Waals surface area contributed by atoms with Gasteiger partial charge in [0.05, 0.1) is 24.7 Å². The van der Waals surface area contributed by atoms with E-state index in [-0.39, 0.29) is 24.5 Å². The lowest BCUT2D eigenvalue weighted by Crippen LogP contribution is -2.45. The van der Waals surface area contributed by atoms with Gasteiger partial charge in [-0.2, -0.15) is 0 Å². The number of hydrogen-bond donors (Lipinski definition) is 0. The highest BCUT2D eigenvalue weighted by Crippen LogP contribution is 2.56. The molecule has 2 saturated heterocycles. The van der Waals surface area contributed by atoms with E-state index in [9.17, 15) is 9.59 Å². The number of esters is 1. The number of benzene rings is 1. The van der Waals surface area contributed by atoms with Crippen LogP contribution in [-0.2, 0) is 19.1 Å². The standard InChI is InChI=1S/C20H20ClNO4/c1-3-5-15-20-11-10-14(26-20)16(19(24)25-4-2)17(20)18(23)22(15)13-8-6-12(21)7-9-13/h3,6-11,14-17H,1,4-5H2,2H3/t14-,15-,16-,17+,20-/m1/s1. The summed E-state index contributed by atoms with van der Waals surface area (Å²) in [5.74, 6) is -1.70. The minimum Gasteiger partial charge on any atom is -0.466 e. The molecule has 3 heterocycles. The molecule has 1 aromatic carbocycles. The van der Waals surface area contributed by atoms with Crippen molar-refractivity contribution in [2.75, 3.05) is 11.5 Å². The zero-order chi connectivity index (χ0) is 18.5. The molecule has 3 aliphatic rings. The van der Waals surface area contributed by atoms with E-state index in [0.29, 0.717) is 11.4 Å². The highest BCUT2D eigenvalue weighted by Gasteiger charge is 2.71. The molecule has 26 heavy (non-hydrogen) atoms. The molecular formula is C20H20ClNO4. The van der Waals surface area contributed by atoms with Crippen LogP contribution in [0.4, 0.5) is 5.69 Å². The second-order valence-electron chi connectivity index (χ2n) is 6.78. The van der Waals surface area contributed by atoms with Crippen molar-refractivity contribution in [3.63, 3.8) is 0 Å². The molecule has 0 N–H and O–H groups in total. The van der Waals surface area contributed by atoms with Crippen molar-refractivity contribution in [2.45, 2.75) is 31.1 Å². The first kappa shape index (κ1) is 17.3. The van der Waals surface area contributed by atoms with Gasteiger partial charge in [-0.25, -0.2) is 0 Å². The molecule has 5 nitrogen and oxygen atoms in total. The first-order chi connectivity index (χ1) is 12.5. The Morgan fingerprint density at radius 1 is 1.42 bits per heavy atom. The third kappa shape index (κ3) is 2.27. The quantitative estimate of drug-likeness (QED) is 0.587. The largest absolute Gasteiger partial charge is 0.466 e. The maximum Gasteiger partial charge on any atom is 0.312 e. The van der Waals surface area contributed by atoms with Crippen LogP contribution in [-0.4, -0.2) is 36.2 Å². The fourth-order valence-electron chi connectivity index (χ4n) is 4.51. The van der Waals surface area contributed by atoms with E-state index in [1.165, 1.54) is 0 Å². The predicted octanol–water partition coefficient (Wildman–Crippen LogP) is 3.13. The first-order valence-electron chi connectivity index (χ1n) is 8.77. The van der Waals surface area contributed by atoms with Crippen LogP contribution >= 0.6 is 11.6 Å². The van der Waals surface area contributed by atoms with Crippen molar-refractivity contribution in [3.05, 3.63) is 54.1 Å². The van der Waals surface area contributed by atoms with Gasteiger partial charge in [-0.05, 0) is 37.6 Å². The molecular weight excluding hydrogens is 354 g/mol. The Hall–Kier alpha value is -2.11. The van der Waals surface area contributed by atoms with E-state index < -0.39 is 23.5 Å². The van der Waals surface area contributed by atoms with Crippen LogP contribution in [0, 0.1) is 11.8 Å². The number of nitrogens with zero attached hydrogens (tertiary/aromatic N) is 1. The number of hydrogen-bond acceptors (Lipinski definition) is 4. The van der Waals surface area contributed by atoms with Gasteiger partial charge >= 0.3 is 5.97 Å². The molecule has 136 valence electrons. The number of amides is 1. The van der Waals surface area contributed by atoms with Crippen LogP contribution in [0.5, 0.6) is 0 Å². The van der Waals surface area contributed by atoms with E-state index in [1.807, 2.05) is 24.3 Å². The molecule has 1 amide bonds. The van der Waals surface area contributed by atoms with E-state index in [4.69, 9.17) is 21.1 Å². The van der Waals surface area contributed by atoms with Crippen molar-refractivity contribution < 1.29 is 19.1 Å². The smallest absolute Gasteiger partial charge is 0.312 e. The summed E-state index contributed by atoms with van der Waals surface area (Å²) in [5, 5.41) is 0.598. The van der Waals surface area contributed by atoms with E-state index in [1.54, 1.807) is 30.0 Å². The molecule has 1 spiro atoms. The Labute approximate surface area is 157 Å². The number of rotatable bonds is 5. The minimum atomic E-state index is -0.826. The summed E-state index contributed by atoms with van der Waals surface area (Å²) in [4.78, 5) is 27.6. The van der Waals surface area contributed by atoms with Crippen LogP contribution in [0.3, 0.4) is 0 Å². The molecule has 5 atom stereocenters. The van der Waals surface area contributed by atoms with Gasteiger partial charge < -0.3 is 14.4 Å². The van der Waals surface area contributed by atoms with Crippen LogP contribution in [0.15, 0.2) is 49.1 Å². The average Bonchev–Trinajstić information content (AvgIpc) is 3.26. The molecule has 4 rings (SSSR count). The van der Waals surface area contributed by atoms with Gasteiger partial charge in [-0.15, -0.1) is 6.58 Å². The molecule has 6 heteroatoms. The lowest BCUT2D eigenvalue weighted by Gasteiger charge is -2.32. The van der Waals surface area contributed by atoms with Gasteiger partial charge in [-0.1, -0.05) is 29.8 Å².